The van der Waals surface area contributed by atoms with Gasteiger partial charge < -0.3 is 0 Å². The van der Waals surface area contributed by atoms with Crippen LogP contribution in [0.15, 0.2) is 0 Å². The van der Waals surface area contributed by atoms with E-state index in [1.807, 2.05) is 0 Å². The molecular formula is C5H5N3O. The van der Waals surface area contributed by atoms with E-state index in [0.29, 0.717) is 0 Å². The Balaban J connectivity index is 4.28. The molecular weight excluding hydrogens is 118 g/mol. The Bertz CT molecular complexity index is 211. The number of carbonyl (C=O) groups excluding carboxylic acids is 1. The standard InChI is InChI=1S/C5H5N3O/c1-3(9)5(8)4(7)2-6/h7-8H,1H3. The molecule has 0 spiro atoms. The molecule has 0 aromatic heterocycles. The number of nitrogens with zero attached hydrogens (tertiary/aromatic N) is 1. The van der Waals surface area contributed by atoms with Crippen molar-refractivity contribution in [2.75, 3.05) is 0 Å². The lowest BCUT2D eigenvalue weighted by molar-refractivity contribution is -0.110. The zero-order valence-electron chi connectivity index (χ0n) is 4.86. The highest BCUT2D eigenvalue weighted by Crippen LogP contribution is 1.77. The molecule has 0 radical (unpaired) electrons. The van der Waals surface area contributed by atoms with Crippen LogP contribution >= 0.6 is 0 Å². The summed E-state index contributed by atoms with van der Waals surface area (Å²) in [5, 5.41) is 21.4. The van der Waals surface area contributed by atoms with Gasteiger partial charge in [0.25, 0.3) is 0 Å². The molecule has 0 bridgehead atoms. The molecule has 0 aliphatic rings. The van der Waals surface area contributed by atoms with Crippen LogP contribution in [0.25, 0.3) is 0 Å². The molecule has 9 heavy (non-hydrogen) atoms. The van der Waals surface area contributed by atoms with Crippen molar-refractivity contribution in [1.82, 2.24) is 0 Å². The molecule has 4 nitrogen and oxygen atoms in total. The van der Waals surface area contributed by atoms with E-state index in [-0.39, 0.29) is 0 Å². The van der Waals surface area contributed by atoms with E-state index in [1.54, 1.807) is 0 Å². The second-order valence-electron chi connectivity index (χ2n) is 1.42. The smallest absolute Gasteiger partial charge is 0.180 e. The van der Waals surface area contributed by atoms with E-state index in [4.69, 9.17) is 16.1 Å². The van der Waals surface area contributed by atoms with Crippen LogP contribution in [0.1, 0.15) is 6.92 Å². The van der Waals surface area contributed by atoms with Crippen LogP contribution in [0.4, 0.5) is 0 Å². The van der Waals surface area contributed by atoms with Gasteiger partial charge in [0.15, 0.2) is 11.5 Å². The topological polar surface area (TPSA) is 88.6 Å². The van der Waals surface area contributed by atoms with Crippen molar-refractivity contribution in [3.05, 3.63) is 0 Å². The number of ketones is 1. The summed E-state index contributed by atoms with van der Waals surface area (Å²) in [6, 6.07) is 1.38. The lowest BCUT2D eigenvalue weighted by Gasteiger charge is -1.87. The molecule has 0 unspecified atom stereocenters. The van der Waals surface area contributed by atoms with E-state index < -0.39 is 17.2 Å². The van der Waals surface area contributed by atoms with Gasteiger partial charge in [-0.1, -0.05) is 0 Å². The third-order valence-electron chi connectivity index (χ3n) is 0.714. The number of nitriles is 1. The summed E-state index contributed by atoms with van der Waals surface area (Å²) in [5.41, 5.74) is -1.11. The van der Waals surface area contributed by atoms with Gasteiger partial charge in [-0.2, -0.15) is 5.26 Å². The van der Waals surface area contributed by atoms with Gasteiger partial charge >= 0.3 is 0 Å². The SMILES string of the molecule is CC(=O)C(=N)C(=N)C#N. The van der Waals surface area contributed by atoms with Crippen molar-refractivity contribution in [3.8, 4) is 6.07 Å². The maximum atomic E-state index is 10.2. The molecule has 2 N–H and O–H groups in total. The average Bonchev–Trinajstić information content (AvgIpc) is 1.84. The van der Waals surface area contributed by atoms with E-state index in [1.165, 1.54) is 6.07 Å². The van der Waals surface area contributed by atoms with E-state index in [9.17, 15) is 4.79 Å². The lowest BCUT2D eigenvalue weighted by Crippen LogP contribution is -2.17. The number of Topliss-reactive ketones (excluding diaryl/α,β-unsaturated/α-hetero) is 1. The fourth-order valence-electron chi connectivity index (χ4n) is 0.232. The van der Waals surface area contributed by atoms with Crippen LogP contribution in [-0.4, -0.2) is 17.2 Å². The summed E-state index contributed by atoms with van der Waals surface area (Å²) >= 11 is 0. The van der Waals surface area contributed by atoms with Gasteiger partial charge in [-0.3, -0.25) is 15.6 Å². The summed E-state index contributed by atoms with van der Waals surface area (Å²) in [6.45, 7) is 1.15. The molecule has 0 amide bonds. The highest BCUT2D eigenvalue weighted by atomic mass is 16.1. The van der Waals surface area contributed by atoms with Crippen molar-refractivity contribution in [1.29, 1.82) is 16.1 Å². The van der Waals surface area contributed by atoms with Gasteiger partial charge in [0.1, 0.15) is 11.8 Å². The Morgan fingerprint density at radius 3 is 2.11 bits per heavy atom. The number of hydrogen-bond donors (Lipinski definition) is 2. The molecule has 0 aromatic carbocycles. The fraction of sp³-hybridized carbons (Fsp3) is 0.200. The van der Waals surface area contributed by atoms with Crippen LogP contribution in [0.3, 0.4) is 0 Å². The largest absolute Gasteiger partial charge is 0.295 e. The van der Waals surface area contributed by atoms with Gasteiger partial charge in [0.2, 0.25) is 0 Å². The molecule has 0 rings (SSSR count). The zero-order valence-corrected chi connectivity index (χ0v) is 4.86. The first-order valence-electron chi connectivity index (χ1n) is 2.18. The van der Waals surface area contributed by atoms with Gasteiger partial charge in [-0.25, -0.2) is 0 Å². The monoisotopic (exact) mass is 123 g/mol. The predicted octanol–water partition coefficient (Wildman–Crippen LogP) is 0.139. The van der Waals surface area contributed by atoms with E-state index in [0.717, 1.165) is 6.92 Å². The summed E-state index contributed by atoms with van der Waals surface area (Å²) in [4.78, 5) is 10.2. The molecule has 0 fully saturated rings. The zero-order chi connectivity index (χ0) is 7.44. The van der Waals surface area contributed by atoms with Crippen molar-refractivity contribution in [3.63, 3.8) is 0 Å². The second kappa shape index (κ2) is 2.72. The number of rotatable bonds is 2. The van der Waals surface area contributed by atoms with Crippen LogP contribution in [0, 0.1) is 22.1 Å². The summed E-state index contributed by atoms with van der Waals surface area (Å²) in [7, 11) is 0. The molecule has 46 valence electrons. The highest BCUT2D eigenvalue weighted by Gasteiger charge is 2.07. The van der Waals surface area contributed by atoms with Gasteiger partial charge in [-0.15, -0.1) is 0 Å². The quantitative estimate of drug-likeness (QED) is 0.511. The molecule has 0 aromatic rings. The molecule has 0 heterocycles. The van der Waals surface area contributed by atoms with Gasteiger partial charge in [-0.05, 0) is 0 Å². The van der Waals surface area contributed by atoms with Crippen molar-refractivity contribution >= 4 is 17.2 Å². The summed E-state index contributed by atoms with van der Waals surface area (Å²) in [6.07, 6.45) is 0. The molecule has 0 saturated heterocycles. The minimum Gasteiger partial charge on any atom is -0.295 e. The molecule has 0 atom stereocenters. The first kappa shape index (κ1) is 7.50. The number of carbonyl (C=O) groups is 1. The van der Waals surface area contributed by atoms with E-state index >= 15 is 0 Å². The Morgan fingerprint density at radius 1 is 1.56 bits per heavy atom. The van der Waals surface area contributed by atoms with Gasteiger partial charge in [0.05, 0.1) is 0 Å². The minimum atomic E-state index is -0.581. The Kier molecular flexibility index (Phi) is 2.27. The summed E-state index contributed by atoms with van der Waals surface area (Å²) < 4.78 is 0. The molecule has 0 saturated carbocycles. The van der Waals surface area contributed by atoms with Crippen LogP contribution in [0.2, 0.25) is 0 Å². The Labute approximate surface area is 52.1 Å². The van der Waals surface area contributed by atoms with Crippen LogP contribution in [-0.2, 0) is 4.79 Å². The van der Waals surface area contributed by atoms with Crippen LogP contribution in [0.5, 0.6) is 0 Å². The minimum absolute atomic E-state index is 0.530. The maximum absolute atomic E-state index is 10.2. The average molecular weight is 123 g/mol. The van der Waals surface area contributed by atoms with Crippen molar-refractivity contribution in [2.24, 2.45) is 0 Å². The van der Waals surface area contributed by atoms with Crippen molar-refractivity contribution in [2.45, 2.75) is 6.92 Å². The normalized spacial score (nSPS) is 7.56. The third kappa shape index (κ3) is 1.82. The first-order chi connectivity index (χ1) is 4.09. The molecule has 0 aliphatic heterocycles. The molecule has 0 aliphatic carbocycles. The lowest BCUT2D eigenvalue weighted by atomic mass is 10.2. The molecule has 4 heteroatoms. The number of nitrogens with one attached hydrogen (secondary N) is 2. The van der Waals surface area contributed by atoms with Gasteiger partial charge in [0, 0.05) is 6.92 Å². The van der Waals surface area contributed by atoms with Crippen molar-refractivity contribution < 1.29 is 4.79 Å². The van der Waals surface area contributed by atoms with E-state index in [2.05, 4.69) is 0 Å². The maximum Gasteiger partial charge on any atom is 0.180 e. The fourth-order valence-corrected chi connectivity index (χ4v) is 0.232. The number of hydrogen-bond acceptors (Lipinski definition) is 4. The third-order valence-corrected chi connectivity index (χ3v) is 0.714. The van der Waals surface area contributed by atoms with Crippen LogP contribution < -0.4 is 0 Å². The summed E-state index contributed by atoms with van der Waals surface area (Å²) in [5.74, 6) is -0.554. The first-order valence-corrected chi connectivity index (χ1v) is 2.18. The highest BCUT2D eigenvalue weighted by molar-refractivity contribution is 6.68. The second-order valence-corrected chi connectivity index (χ2v) is 1.42. The Morgan fingerprint density at radius 2 is 2.00 bits per heavy atom. The Hall–Kier alpha value is -1.50. The predicted molar refractivity (Wildman–Crippen MR) is 31.7 cm³/mol.